The lowest BCUT2D eigenvalue weighted by Gasteiger charge is -2.32. The molecule has 5 heteroatoms. The summed E-state index contributed by atoms with van der Waals surface area (Å²) in [5, 5.41) is 0. The minimum absolute atomic E-state index is 0.0339. The van der Waals surface area contributed by atoms with Gasteiger partial charge in [-0.3, -0.25) is 4.79 Å². The molecule has 0 saturated carbocycles. The number of hydrogen-bond donors (Lipinski definition) is 0. The first-order valence-corrected chi connectivity index (χ1v) is 7.26. The predicted octanol–water partition coefficient (Wildman–Crippen LogP) is 1.96. The fourth-order valence-corrected chi connectivity index (χ4v) is 2.57. The number of likely N-dealkylation sites (tertiary alicyclic amines) is 1. The summed E-state index contributed by atoms with van der Waals surface area (Å²) in [5.41, 5.74) is 0. The van der Waals surface area contributed by atoms with E-state index < -0.39 is 0 Å². The minimum Gasteiger partial charge on any atom is -0.497 e. The van der Waals surface area contributed by atoms with Crippen molar-refractivity contribution >= 4 is 5.91 Å². The standard InChI is InChI=1S/C16H23NO4/c1-19-11-13-4-3-9-17(10-13)16(18)12-21-15-7-5-14(20-2)6-8-15/h5-8,13H,3-4,9-12H2,1-2H3. The largest absolute Gasteiger partial charge is 0.497 e. The van der Waals surface area contributed by atoms with Gasteiger partial charge < -0.3 is 19.1 Å². The Morgan fingerprint density at radius 3 is 2.62 bits per heavy atom. The minimum atomic E-state index is 0.0339. The van der Waals surface area contributed by atoms with Gasteiger partial charge in [-0.05, 0) is 43.0 Å². The van der Waals surface area contributed by atoms with Crippen molar-refractivity contribution in [3.63, 3.8) is 0 Å². The zero-order valence-corrected chi connectivity index (χ0v) is 12.7. The van der Waals surface area contributed by atoms with Crippen LogP contribution in [0.3, 0.4) is 0 Å². The molecule has 1 unspecified atom stereocenters. The Bertz CT molecular complexity index is 444. The van der Waals surface area contributed by atoms with Crippen LogP contribution in [0.4, 0.5) is 0 Å². The lowest BCUT2D eigenvalue weighted by Crippen LogP contribution is -2.43. The van der Waals surface area contributed by atoms with Gasteiger partial charge in [0.25, 0.3) is 5.91 Å². The summed E-state index contributed by atoms with van der Waals surface area (Å²) in [6, 6.07) is 7.23. The monoisotopic (exact) mass is 293 g/mol. The molecule has 0 bridgehead atoms. The second-order valence-corrected chi connectivity index (χ2v) is 5.27. The van der Waals surface area contributed by atoms with E-state index in [4.69, 9.17) is 14.2 Å². The summed E-state index contributed by atoms with van der Waals surface area (Å²) >= 11 is 0. The topological polar surface area (TPSA) is 48.0 Å². The summed E-state index contributed by atoms with van der Waals surface area (Å²) in [6.45, 7) is 2.36. The third-order valence-electron chi connectivity index (χ3n) is 3.70. The van der Waals surface area contributed by atoms with Crippen molar-refractivity contribution in [2.24, 2.45) is 5.92 Å². The van der Waals surface area contributed by atoms with Gasteiger partial charge in [-0.25, -0.2) is 0 Å². The molecular weight excluding hydrogens is 270 g/mol. The Morgan fingerprint density at radius 1 is 1.24 bits per heavy atom. The second kappa shape index (κ2) is 7.88. The van der Waals surface area contributed by atoms with E-state index in [0.29, 0.717) is 18.3 Å². The molecule has 0 spiro atoms. The van der Waals surface area contributed by atoms with Gasteiger partial charge in [0.2, 0.25) is 0 Å². The Labute approximate surface area is 125 Å². The SMILES string of the molecule is COCC1CCCN(C(=O)COc2ccc(OC)cc2)C1. The lowest BCUT2D eigenvalue weighted by molar-refractivity contribution is -0.135. The maximum absolute atomic E-state index is 12.2. The quantitative estimate of drug-likeness (QED) is 0.804. The fraction of sp³-hybridized carbons (Fsp3) is 0.562. The van der Waals surface area contributed by atoms with Crippen LogP contribution in [-0.4, -0.2) is 51.3 Å². The molecule has 1 heterocycles. The number of carbonyl (C=O) groups is 1. The molecule has 0 aliphatic carbocycles. The third-order valence-corrected chi connectivity index (χ3v) is 3.70. The van der Waals surface area contributed by atoms with Crippen LogP contribution in [0, 0.1) is 5.92 Å². The molecule has 1 amide bonds. The van der Waals surface area contributed by atoms with Crippen molar-refractivity contribution in [1.29, 1.82) is 0 Å². The first kappa shape index (κ1) is 15.6. The average molecular weight is 293 g/mol. The Hall–Kier alpha value is -1.75. The number of ether oxygens (including phenoxy) is 3. The molecular formula is C16H23NO4. The zero-order chi connectivity index (χ0) is 15.1. The molecule has 116 valence electrons. The van der Waals surface area contributed by atoms with Crippen molar-refractivity contribution in [2.75, 3.05) is 40.5 Å². The van der Waals surface area contributed by atoms with Gasteiger partial charge in [-0.15, -0.1) is 0 Å². The van der Waals surface area contributed by atoms with E-state index in [-0.39, 0.29) is 12.5 Å². The first-order valence-electron chi connectivity index (χ1n) is 7.26. The maximum atomic E-state index is 12.2. The van der Waals surface area contributed by atoms with Crippen molar-refractivity contribution in [2.45, 2.75) is 12.8 Å². The van der Waals surface area contributed by atoms with Gasteiger partial charge in [-0.2, -0.15) is 0 Å². The third kappa shape index (κ3) is 4.63. The molecule has 21 heavy (non-hydrogen) atoms. The highest BCUT2D eigenvalue weighted by molar-refractivity contribution is 5.77. The van der Waals surface area contributed by atoms with E-state index in [9.17, 15) is 4.79 Å². The molecule has 2 rings (SSSR count). The molecule has 0 radical (unpaired) electrons. The number of amides is 1. The van der Waals surface area contributed by atoms with Gasteiger partial charge in [0.1, 0.15) is 11.5 Å². The van der Waals surface area contributed by atoms with Gasteiger partial charge in [0.05, 0.1) is 13.7 Å². The van der Waals surface area contributed by atoms with Crippen molar-refractivity contribution in [3.8, 4) is 11.5 Å². The van der Waals surface area contributed by atoms with Crippen molar-refractivity contribution in [3.05, 3.63) is 24.3 Å². The second-order valence-electron chi connectivity index (χ2n) is 5.27. The summed E-state index contributed by atoms with van der Waals surface area (Å²) < 4.78 is 15.8. The smallest absolute Gasteiger partial charge is 0.260 e. The number of rotatable bonds is 6. The number of benzene rings is 1. The Balaban J connectivity index is 1.80. The summed E-state index contributed by atoms with van der Waals surface area (Å²) in [7, 11) is 3.32. The number of methoxy groups -OCH3 is 2. The number of nitrogens with zero attached hydrogens (tertiary/aromatic N) is 1. The predicted molar refractivity (Wildman–Crippen MR) is 79.7 cm³/mol. The summed E-state index contributed by atoms with van der Waals surface area (Å²) in [5.74, 6) is 1.92. The Morgan fingerprint density at radius 2 is 1.95 bits per heavy atom. The number of carbonyl (C=O) groups excluding carboxylic acids is 1. The highest BCUT2D eigenvalue weighted by atomic mass is 16.5. The van der Waals surface area contributed by atoms with E-state index >= 15 is 0 Å². The van der Waals surface area contributed by atoms with Crippen LogP contribution in [0.5, 0.6) is 11.5 Å². The molecule has 1 aromatic carbocycles. The van der Waals surface area contributed by atoms with Crippen LogP contribution in [0.1, 0.15) is 12.8 Å². The fourth-order valence-electron chi connectivity index (χ4n) is 2.57. The van der Waals surface area contributed by atoms with E-state index in [2.05, 4.69) is 0 Å². The van der Waals surface area contributed by atoms with Crippen molar-refractivity contribution < 1.29 is 19.0 Å². The maximum Gasteiger partial charge on any atom is 0.260 e. The van der Waals surface area contributed by atoms with Gasteiger partial charge in [0, 0.05) is 20.2 Å². The highest BCUT2D eigenvalue weighted by Gasteiger charge is 2.23. The molecule has 1 aliphatic heterocycles. The summed E-state index contributed by atoms with van der Waals surface area (Å²) in [6.07, 6.45) is 2.15. The van der Waals surface area contributed by atoms with E-state index in [1.165, 1.54) is 0 Å². The molecule has 1 atom stereocenters. The molecule has 1 aliphatic rings. The molecule has 1 fully saturated rings. The molecule has 0 N–H and O–H groups in total. The van der Waals surface area contributed by atoms with Crippen LogP contribution in [-0.2, 0) is 9.53 Å². The van der Waals surface area contributed by atoms with Crippen LogP contribution in [0.25, 0.3) is 0 Å². The van der Waals surface area contributed by atoms with E-state index in [0.717, 1.165) is 31.7 Å². The molecule has 5 nitrogen and oxygen atoms in total. The first-order chi connectivity index (χ1) is 10.2. The molecule has 1 aromatic rings. The normalized spacial score (nSPS) is 18.4. The van der Waals surface area contributed by atoms with Crippen LogP contribution >= 0.6 is 0 Å². The van der Waals surface area contributed by atoms with Crippen molar-refractivity contribution in [1.82, 2.24) is 4.90 Å². The van der Waals surface area contributed by atoms with E-state index in [1.54, 1.807) is 26.4 Å². The van der Waals surface area contributed by atoms with Gasteiger partial charge in [-0.1, -0.05) is 0 Å². The van der Waals surface area contributed by atoms with Gasteiger partial charge >= 0.3 is 0 Å². The van der Waals surface area contributed by atoms with Gasteiger partial charge in [0.15, 0.2) is 6.61 Å². The van der Waals surface area contributed by atoms with Crippen LogP contribution in [0.15, 0.2) is 24.3 Å². The molecule has 0 aromatic heterocycles. The van der Waals surface area contributed by atoms with Crippen LogP contribution in [0.2, 0.25) is 0 Å². The zero-order valence-electron chi connectivity index (χ0n) is 12.7. The molecule has 1 saturated heterocycles. The Kier molecular flexibility index (Phi) is 5.87. The number of piperidine rings is 1. The summed E-state index contributed by atoms with van der Waals surface area (Å²) in [4.78, 5) is 14.1. The number of hydrogen-bond acceptors (Lipinski definition) is 4. The average Bonchev–Trinajstić information content (AvgIpc) is 2.53. The highest BCUT2D eigenvalue weighted by Crippen LogP contribution is 2.19. The van der Waals surface area contributed by atoms with E-state index in [1.807, 2.05) is 17.0 Å². The lowest BCUT2D eigenvalue weighted by atomic mass is 9.99. The van der Waals surface area contributed by atoms with Crippen LogP contribution < -0.4 is 9.47 Å².